The van der Waals surface area contributed by atoms with Crippen molar-refractivity contribution in [1.29, 1.82) is 0 Å². The molecule has 0 radical (unpaired) electrons. The zero-order chi connectivity index (χ0) is 15.2. The van der Waals surface area contributed by atoms with Crippen molar-refractivity contribution in [3.05, 3.63) is 65.5 Å². The minimum atomic E-state index is -1.18. The Morgan fingerprint density at radius 2 is 2.00 bits per heavy atom. The van der Waals surface area contributed by atoms with Crippen LogP contribution in [0.15, 0.2) is 48.5 Å². The molecule has 0 aliphatic heterocycles. The van der Waals surface area contributed by atoms with Gasteiger partial charge in [0.25, 0.3) is 0 Å². The molecule has 0 atom stereocenters. The molecular weight excluding hydrogens is 271 g/mol. The number of benzene rings is 2. The van der Waals surface area contributed by atoms with Crippen molar-refractivity contribution >= 4 is 17.6 Å². The van der Waals surface area contributed by atoms with Gasteiger partial charge in [0.1, 0.15) is 11.6 Å². The van der Waals surface area contributed by atoms with Gasteiger partial charge in [0.15, 0.2) is 0 Å². The van der Waals surface area contributed by atoms with Gasteiger partial charge < -0.3 is 9.84 Å². The van der Waals surface area contributed by atoms with Crippen LogP contribution < -0.4 is 4.74 Å². The van der Waals surface area contributed by atoms with Gasteiger partial charge in [-0.15, -0.1) is 0 Å². The number of hydrogen-bond acceptors (Lipinski definition) is 2. The number of carbonyl (C=O) groups is 1. The maximum absolute atomic E-state index is 13.8. The summed E-state index contributed by atoms with van der Waals surface area (Å²) in [6, 6.07) is 12.8. The van der Waals surface area contributed by atoms with Gasteiger partial charge in [0.2, 0.25) is 0 Å². The van der Waals surface area contributed by atoms with E-state index in [0.29, 0.717) is 17.9 Å². The maximum atomic E-state index is 13.8. The highest BCUT2D eigenvalue weighted by Crippen LogP contribution is 2.23. The van der Waals surface area contributed by atoms with Crippen LogP contribution in [0, 0.1) is 5.82 Å². The van der Waals surface area contributed by atoms with Crippen molar-refractivity contribution in [3.63, 3.8) is 0 Å². The Morgan fingerprint density at radius 3 is 2.67 bits per heavy atom. The Kier molecular flexibility index (Phi) is 4.72. The summed E-state index contributed by atoms with van der Waals surface area (Å²) in [5.41, 5.74) is 0.607. The molecule has 0 spiro atoms. The van der Waals surface area contributed by atoms with E-state index >= 15 is 0 Å². The number of halogens is 1. The number of rotatable bonds is 5. The molecule has 4 heteroatoms. The van der Waals surface area contributed by atoms with E-state index in [0.717, 1.165) is 0 Å². The topological polar surface area (TPSA) is 46.5 Å². The van der Waals surface area contributed by atoms with Gasteiger partial charge in [0, 0.05) is 5.56 Å². The third-order valence-corrected chi connectivity index (χ3v) is 2.87. The Balaban J connectivity index is 2.46. The average Bonchev–Trinajstić information content (AvgIpc) is 2.46. The van der Waals surface area contributed by atoms with Crippen molar-refractivity contribution < 1.29 is 19.0 Å². The summed E-state index contributed by atoms with van der Waals surface area (Å²) >= 11 is 0. The fraction of sp³-hybridized carbons (Fsp3) is 0.118. The number of carboxylic acids is 1. The van der Waals surface area contributed by atoms with Crippen molar-refractivity contribution in [1.82, 2.24) is 0 Å². The van der Waals surface area contributed by atoms with E-state index < -0.39 is 11.8 Å². The van der Waals surface area contributed by atoms with Gasteiger partial charge in [-0.25, -0.2) is 9.18 Å². The lowest BCUT2D eigenvalue weighted by atomic mass is 10.0. The molecular formula is C17H15FO3. The molecule has 0 saturated carbocycles. The molecule has 0 amide bonds. The van der Waals surface area contributed by atoms with E-state index in [9.17, 15) is 14.3 Å². The van der Waals surface area contributed by atoms with Gasteiger partial charge >= 0.3 is 5.97 Å². The van der Waals surface area contributed by atoms with E-state index in [1.54, 1.807) is 30.3 Å². The molecule has 2 rings (SSSR count). The summed E-state index contributed by atoms with van der Waals surface area (Å²) < 4.78 is 19.1. The second-order valence-corrected chi connectivity index (χ2v) is 4.35. The van der Waals surface area contributed by atoms with Crippen molar-refractivity contribution in [2.45, 2.75) is 6.92 Å². The summed E-state index contributed by atoms with van der Waals surface area (Å²) in [6.07, 6.45) is 1.43. The predicted octanol–water partition coefficient (Wildman–Crippen LogP) is 3.85. The Bertz CT molecular complexity index is 677. The molecule has 0 bridgehead atoms. The molecule has 0 aliphatic rings. The first-order valence-electron chi connectivity index (χ1n) is 6.54. The third kappa shape index (κ3) is 3.69. The van der Waals surface area contributed by atoms with Crippen molar-refractivity contribution in [3.8, 4) is 5.75 Å². The largest absolute Gasteiger partial charge is 0.494 e. The third-order valence-electron chi connectivity index (χ3n) is 2.87. The summed E-state index contributed by atoms with van der Waals surface area (Å²) in [5.74, 6) is -1.10. The van der Waals surface area contributed by atoms with Crippen LogP contribution in [0.3, 0.4) is 0 Å². The second-order valence-electron chi connectivity index (χ2n) is 4.35. The lowest BCUT2D eigenvalue weighted by molar-refractivity contribution is -0.130. The molecule has 0 aromatic heterocycles. The predicted molar refractivity (Wildman–Crippen MR) is 79.5 cm³/mol. The van der Waals surface area contributed by atoms with Crippen LogP contribution in [0.2, 0.25) is 0 Å². The smallest absolute Gasteiger partial charge is 0.336 e. The Morgan fingerprint density at radius 1 is 1.24 bits per heavy atom. The second kappa shape index (κ2) is 6.70. The number of aliphatic carboxylic acids is 1. The lowest BCUT2D eigenvalue weighted by Gasteiger charge is -2.06. The molecule has 2 aromatic rings. The molecule has 2 aromatic carbocycles. The van der Waals surface area contributed by atoms with E-state index in [1.807, 2.05) is 6.92 Å². The van der Waals surface area contributed by atoms with Crippen molar-refractivity contribution in [2.24, 2.45) is 0 Å². The number of carboxylic acid groups (broad SMARTS) is 1. The number of hydrogen-bond donors (Lipinski definition) is 1. The van der Waals surface area contributed by atoms with Crippen LogP contribution in [0.5, 0.6) is 5.75 Å². The van der Waals surface area contributed by atoms with Gasteiger partial charge in [-0.1, -0.05) is 30.3 Å². The van der Waals surface area contributed by atoms with Crippen LogP contribution in [0.4, 0.5) is 4.39 Å². The summed E-state index contributed by atoms with van der Waals surface area (Å²) in [7, 11) is 0. The molecule has 108 valence electrons. The molecule has 0 aliphatic carbocycles. The zero-order valence-electron chi connectivity index (χ0n) is 11.5. The summed E-state index contributed by atoms with van der Waals surface area (Å²) in [5, 5.41) is 9.32. The SMILES string of the molecule is CCOc1cccc(/C=C(/C(=O)O)c2ccccc2F)c1. The Hall–Kier alpha value is -2.62. The standard InChI is InChI=1S/C17H15FO3/c1-2-21-13-7-5-6-12(10-13)11-15(17(19)20)14-8-3-4-9-16(14)18/h3-11H,2H2,1H3,(H,19,20)/b15-11+. The molecule has 0 heterocycles. The van der Waals surface area contributed by atoms with E-state index in [2.05, 4.69) is 0 Å². The molecule has 3 nitrogen and oxygen atoms in total. The lowest BCUT2D eigenvalue weighted by Crippen LogP contribution is -2.02. The molecule has 21 heavy (non-hydrogen) atoms. The minimum Gasteiger partial charge on any atom is -0.494 e. The fourth-order valence-electron chi connectivity index (χ4n) is 1.96. The van der Waals surface area contributed by atoms with E-state index in [-0.39, 0.29) is 11.1 Å². The quantitative estimate of drug-likeness (QED) is 0.671. The average molecular weight is 286 g/mol. The highest BCUT2D eigenvalue weighted by molar-refractivity contribution is 6.20. The summed E-state index contributed by atoms with van der Waals surface area (Å²) in [4.78, 5) is 11.4. The van der Waals surface area contributed by atoms with Crippen molar-refractivity contribution in [2.75, 3.05) is 6.61 Å². The van der Waals surface area contributed by atoms with E-state index in [1.165, 1.54) is 24.3 Å². The molecule has 0 saturated heterocycles. The van der Waals surface area contributed by atoms with Crippen LogP contribution in [0.25, 0.3) is 11.6 Å². The first-order chi connectivity index (χ1) is 10.1. The normalized spacial score (nSPS) is 11.2. The fourth-order valence-corrected chi connectivity index (χ4v) is 1.96. The monoisotopic (exact) mass is 286 g/mol. The molecule has 0 fully saturated rings. The summed E-state index contributed by atoms with van der Waals surface area (Å²) in [6.45, 7) is 2.39. The zero-order valence-corrected chi connectivity index (χ0v) is 11.5. The van der Waals surface area contributed by atoms with Crippen LogP contribution >= 0.6 is 0 Å². The Labute approximate surface area is 122 Å². The van der Waals surface area contributed by atoms with Crippen LogP contribution in [0.1, 0.15) is 18.1 Å². The molecule has 1 N–H and O–H groups in total. The van der Waals surface area contributed by atoms with Crippen LogP contribution in [-0.4, -0.2) is 17.7 Å². The van der Waals surface area contributed by atoms with Gasteiger partial charge in [-0.2, -0.15) is 0 Å². The van der Waals surface area contributed by atoms with Gasteiger partial charge in [0.05, 0.1) is 12.2 Å². The maximum Gasteiger partial charge on any atom is 0.336 e. The highest BCUT2D eigenvalue weighted by atomic mass is 19.1. The molecule has 0 unspecified atom stereocenters. The minimum absolute atomic E-state index is 0.0619. The number of ether oxygens (including phenoxy) is 1. The van der Waals surface area contributed by atoms with Gasteiger partial charge in [-0.05, 0) is 36.8 Å². The highest BCUT2D eigenvalue weighted by Gasteiger charge is 2.14. The van der Waals surface area contributed by atoms with Crippen LogP contribution in [-0.2, 0) is 4.79 Å². The first-order valence-corrected chi connectivity index (χ1v) is 6.54. The van der Waals surface area contributed by atoms with Gasteiger partial charge in [-0.3, -0.25) is 0 Å². The first kappa shape index (κ1) is 14.8. The van der Waals surface area contributed by atoms with E-state index in [4.69, 9.17) is 4.74 Å².